The molecule has 0 aliphatic heterocycles. The molecule has 0 N–H and O–H groups in total. The minimum atomic E-state index is -1.42. The summed E-state index contributed by atoms with van der Waals surface area (Å²) in [6.07, 6.45) is 6.84. The van der Waals surface area contributed by atoms with E-state index in [-0.39, 0.29) is 27.8 Å². The van der Waals surface area contributed by atoms with Crippen molar-refractivity contribution in [1.82, 2.24) is 0 Å². The highest BCUT2D eigenvalue weighted by Crippen LogP contribution is 2.39. The molecule has 41 heavy (non-hydrogen) atoms. The van der Waals surface area contributed by atoms with Gasteiger partial charge in [-0.05, 0) is 90.1 Å². The van der Waals surface area contributed by atoms with E-state index in [0.29, 0.717) is 11.5 Å². The van der Waals surface area contributed by atoms with Crippen LogP contribution in [0.3, 0.4) is 0 Å². The fourth-order valence-electron chi connectivity index (χ4n) is 5.95. The van der Waals surface area contributed by atoms with Crippen molar-refractivity contribution in [2.75, 3.05) is 6.86 Å². The van der Waals surface area contributed by atoms with Gasteiger partial charge in [-0.2, -0.15) is 0 Å². The summed E-state index contributed by atoms with van der Waals surface area (Å²) in [5, 5.41) is 0. The molecule has 1 nitrogen and oxygen atoms in total. The zero-order chi connectivity index (χ0) is 29.1. The van der Waals surface area contributed by atoms with Crippen LogP contribution in [0.1, 0.15) is 56.9 Å². The standard InChI is InChI=1S/C34H30F6O/c1-2-3-20-4-6-21(7-5-20)22-8-11-26(29(36)14-22)23-9-12-27(30(37)15-23)24-10-13-28(31(38)16-24)25-17-32(39)34(41-19-35)33(40)18-25/h8-18,20-21H,2-7,19H2,1H3. The first-order valence-corrected chi connectivity index (χ1v) is 13.9. The highest BCUT2D eigenvalue weighted by molar-refractivity contribution is 5.74. The summed E-state index contributed by atoms with van der Waals surface area (Å²) >= 11 is 0. The lowest BCUT2D eigenvalue weighted by molar-refractivity contribution is 0.176. The lowest BCUT2D eigenvalue weighted by atomic mass is 9.77. The summed E-state index contributed by atoms with van der Waals surface area (Å²) in [5.74, 6) is -4.08. The van der Waals surface area contributed by atoms with Crippen LogP contribution < -0.4 is 4.74 Å². The minimum Gasteiger partial charge on any atom is -0.457 e. The van der Waals surface area contributed by atoms with E-state index in [1.54, 1.807) is 18.2 Å². The highest BCUT2D eigenvalue weighted by Gasteiger charge is 2.23. The number of halogens is 6. The Bertz CT molecular complexity index is 1520. The van der Waals surface area contributed by atoms with E-state index >= 15 is 13.2 Å². The van der Waals surface area contributed by atoms with E-state index in [1.165, 1.54) is 37.1 Å². The molecule has 1 aliphatic rings. The van der Waals surface area contributed by atoms with Gasteiger partial charge in [0.2, 0.25) is 6.86 Å². The summed E-state index contributed by atoms with van der Waals surface area (Å²) in [4.78, 5) is 0. The normalized spacial score (nSPS) is 17.0. The minimum absolute atomic E-state index is 0.0872. The second kappa shape index (κ2) is 12.4. The van der Waals surface area contributed by atoms with E-state index in [1.807, 2.05) is 6.07 Å². The Morgan fingerprint density at radius 3 is 1.59 bits per heavy atom. The van der Waals surface area contributed by atoms with Crippen LogP contribution >= 0.6 is 0 Å². The summed E-state index contributed by atoms with van der Waals surface area (Å²) in [6, 6.07) is 14.8. The molecule has 0 aromatic heterocycles. The Labute approximate surface area is 235 Å². The molecule has 5 rings (SSSR count). The molecule has 0 heterocycles. The van der Waals surface area contributed by atoms with Crippen LogP contribution in [0.4, 0.5) is 26.3 Å². The molecule has 0 spiro atoms. The number of hydrogen-bond acceptors (Lipinski definition) is 1. The van der Waals surface area contributed by atoms with Crippen molar-refractivity contribution in [2.45, 2.75) is 51.4 Å². The van der Waals surface area contributed by atoms with Crippen LogP contribution in [-0.2, 0) is 0 Å². The lowest BCUT2D eigenvalue weighted by Crippen LogP contribution is -2.13. The first-order chi connectivity index (χ1) is 19.8. The van der Waals surface area contributed by atoms with Crippen LogP contribution in [0.2, 0.25) is 0 Å². The molecule has 1 fully saturated rings. The second-order valence-electron chi connectivity index (χ2n) is 10.7. The van der Waals surface area contributed by atoms with E-state index in [0.717, 1.165) is 55.4 Å². The monoisotopic (exact) mass is 568 g/mol. The predicted octanol–water partition coefficient (Wildman–Crippen LogP) is 10.8. The molecular weight excluding hydrogens is 538 g/mol. The molecule has 0 radical (unpaired) electrons. The number of ether oxygens (including phenoxy) is 1. The maximum absolute atomic E-state index is 15.2. The number of hydrogen-bond donors (Lipinski definition) is 0. The van der Waals surface area contributed by atoms with Gasteiger partial charge in [-0.15, -0.1) is 0 Å². The molecule has 4 aromatic rings. The number of rotatable bonds is 8. The fraction of sp³-hybridized carbons (Fsp3) is 0.294. The van der Waals surface area contributed by atoms with Crippen LogP contribution in [0.15, 0.2) is 66.7 Å². The van der Waals surface area contributed by atoms with Gasteiger partial charge < -0.3 is 4.74 Å². The first-order valence-electron chi connectivity index (χ1n) is 13.9. The zero-order valence-corrected chi connectivity index (χ0v) is 22.6. The predicted molar refractivity (Wildman–Crippen MR) is 149 cm³/mol. The smallest absolute Gasteiger partial charge is 0.228 e. The van der Waals surface area contributed by atoms with Gasteiger partial charge >= 0.3 is 0 Å². The Kier molecular flexibility index (Phi) is 8.71. The van der Waals surface area contributed by atoms with E-state index in [9.17, 15) is 13.2 Å². The molecule has 4 aromatic carbocycles. The zero-order valence-electron chi connectivity index (χ0n) is 22.6. The van der Waals surface area contributed by atoms with Gasteiger partial charge in [-0.3, -0.25) is 0 Å². The van der Waals surface area contributed by atoms with Crippen molar-refractivity contribution in [2.24, 2.45) is 5.92 Å². The number of benzene rings is 4. The third-order valence-corrected chi connectivity index (χ3v) is 8.08. The molecule has 1 aliphatic carbocycles. The molecule has 0 amide bonds. The maximum Gasteiger partial charge on any atom is 0.228 e. The average molecular weight is 569 g/mol. The van der Waals surface area contributed by atoms with Gasteiger partial charge in [0.15, 0.2) is 17.4 Å². The van der Waals surface area contributed by atoms with E-state index in [4.69, 9.17) is 0 Å². The van der Waals surface area contributed by atoms with Crippen molar-refractivity contribution < 1.29 is 31.1 Å². The third-order valence-electron chi connectivity index (χ3n) is 8.08. The fourth-order valence-corrected chi connectivity index (χ4v) is 5.95. The Morgan fingerprint density at radius 2 is 1.10 bits per heavy atom. The molecule has 0 atom stereocenters. The average Bonchev–Trinajstić information content (AvgIpc) is 2.95. The van der Waals surface area contributed by atoms with E-state index < -0.39 is 41.7 Å². The van der Waals surface area contributed by atoms with Crippen LogP contribution in [0.5, 0.6) is 5.75 Å². The van der Waals surface area contributed by atoms with E-state index in [2.05, 4.69) is 11.7 Å². The van der Waals surface area contributed by atoms with Gasteiger partial charge in [0, 0.05) is 16.7 Å². The van der Waals surface area contributed by atoms with Crippen molar-refractivity contribution in [1.29, 1.82) is 0 Å². The molecule has 0 saturated heterocycles. The molecule has 1 saturated carbocycles. The van der Waals surface area contributed by atoms with Gasteiger partial charge in [0.1, 0.15) is 17.5 Å². The maximum atomic E-state index is 15.2. The molecule has 7 heteroatoms. The summed E-state index contributed by atoms with van der Waals surface area (Å²) < 4.78 is 90.3. The molecule has 0 unspecified atom stereocenters. The summed E-state index contributed by atoms with van der Waals surface area (Å²) in [6.45, 7) is 0.782. The lowest BCUT2D eigenvalue weighted by Gasteiger charge is -2.28. The van der Waals surface area contributed by atoms with Gasteiger partial charge in [-0.25, -0.2) is 26.3 Å². The Morgan fingerprint density at radius 1 is 0.610 bits per heavy atom. The van der Waals surface area contributed by atoms with Gasteiger partial charge in [0.25, 0.3) is 0 Å². The van der Waals surface area contributed by atoms with Gasteiger partial charge in [0.05, 0.1) is 0 Å². The van der Waals surface area contributed by atoms with Crippen molar-refractivity contribution in [3.05, 3.63) is 101 Å². The SMILES string of the molecule is CCCC1CCC(c2ccc(-c3ccc(-c4ccc(-c5cc(F)c(OCF)c(F)c5)c(F)c4)c(F)c3)c(F)c2)CC1. The molecule has 214 valence electrons. The largest absolute Gasteiger partial charge is 0.457 e. The Hall–Kier alpha value is -3.74. The quantitative estimate of drug-likeness (QED) is 0.192. The van der Waals surface area contributed by atoms with Crippen LogP contribution in [-0.4, -0.2) is 6.86 Å². The molecular formula is C34H30F6O. The molecule has 0 bridgehead atoms. The van der Waals surface area contributed by atoms with Crippen LogP contribution in [0, 0.1) is 35.0 Å². The topological polar surface area (TPSA) is 9.23 Å². The van der Waals surface area contributed by atoms with Crippen molar-refractivity contribution in [3.8, 4) is 39.1 Å². The van der Waals surface area contributed by atoms with Crippen LogP contribution in [0.25, 0.3) is 33.4 Å². The van der Waals surface area contributed by atoms with Crippen molar-refractivity contribution in [3.63, 3.8) is 0 Å². The summed E-state index contributed by atoms with van der Waals surface area (Å²) in [5.41, 5.74) is 1.64. The first kappa shape index (κ1) is 28.8. The summed E-state index contributed by atoms with van der Waals surface area (Å²) in [7, 11) is 0. The van der Waals surface area contributed by atoms with Gasteiger partial charge in [-0.1, -0.05) is 56.2 Å². The number of alkyl halides is 1. The second-order valence-corrected chi connectivity index (χ2v) is 10.7. The third kappa shape index (κ3) is 6.14. The van der Waals surface area contributed by atoms with Crippen molar-refractivity contribution >= 4 is 0 Å². The highest BCUT2D eigenvalue weighted by atomic mass is 19.2. The Balaban J connectivity index is 1.36.